The number of benzene rings is 2. The molecular formula is C15H10ClN3. The predicted molar refractivity (Wildman–Crippen MR) is 75.5 cm³/mol. The van der Waals surface area contributed by atoms with Gasteiger partial charge in [0.05, 0.1) is 33.4 Å². The van der Waals surface area contributed by atoms with E-state index in [4.69, 9.17) is 16.9 Å². The normalized spacial score (nSPS) is 10.6. The van der Waals surface area contributed by atoms with E-state index >= 15 is 0 Å². The van der Waals surface area contributed by atoms with Crippen molar-refractivity contribution < 1.29 is 0 Å². The minimum absolute atomic E-state index is 0.547. The summed E-state index contributed by atoms with van der Waals surface area (Å²) in [5.74, 6) is 0.868. The van der Waals surface area contributed by atoms with Crippen LogP contribution in [0.25, 0.3) is 16.7 Å². The molecule has 4 heteroatoms. The van der Waals surface area contributed by atoms with Crippen molar-refractivity contribution in [1.29, 1.82) is 5.26 Å². The highest BCUT2D eigenvalue weighted by atomic mass is 35.5. The molecule has 3 aromatic rings. The third-order valence-corrected chi connectivity index (χ3v) is 3.35. The largest absolute Gasteiger partial charge is 0.295 e. The molecule has 92 valence electrons. The van der Waals surface area contributed by atoms with Crippen LogP contribution in [0.4, 0.5) is 0 Å². The molecule has 3 nitrogen and oxygen atoms in total. The minimum Gasteiger partial charge on any atom is -0.295 e. The van der Waals surface area contributed by atoms with Crippen molar-refractivity contribution in [3.63, 3.8) is 0 Å². The van der Waals surface area contributed by atoms with Crippen LogP contribution in [0.3, 0.4) is 0 Å². The summed E-state index contributed by atoms with van der Waals surface area (Å²) >= 11 is 6.27. The molecule has 0 atom stereocenters. The molecule has 0 aliphatic carbocycles. The van der Waals surface area contributed by atoms with Crippen molar-refractivity contribution in [1.82, 2.24) is 9.55 Å². The zero-order valence-corrected chi connectivity index (χ0v) is 11.0. The van der Waals surface area contributed by atoms with Crippen molar-refractivity contribution in [2.75, 3.05) is 0 Å². The second kappa shape index (κ2) is 4.42. The molecule has 2 aromatic carbocycles. The van der Waals surface area contributed by atoms with E-state index in [2.05, 4.69) is 11.1 Å². The number of hydrogen-bond donors (Lipinski definition) is 0. The highest BCUT2D eigenvalue weighted by Crippen LogP contribution is 2.27. The first-order chi connectivity index (χ1) is 9.20. The highest BCUT2D eigenvalue weighted by molar-refractivity contribution is 6.32. The molecule has 0 N–H and O–H groups in total. The van der Waals surface area contributed by atoms with E-state index in [1.807, 2.05) is 41.8 Å². The average Bonchev–Trinajstić information content (AvgIpc) is 2.75. The van der Waals surface area contributed by atoms with Gasteiger partial charge in [0.25, 0.3) is 0 Å². The van der Waals surface area contributed by atoms with Crippen LogP contribution in [0.1, 0.15) is 11.4 Å². The van der Waals surface area contributed by atoms with Crippen LogP contribution in [0.15, 0.2) is 42.5 Å². The fourth-order valence-electron chi connectivity index (χ4n) is 2.21. The molecule has 1 heterocycles. The van der Waals surface area contributed by atoms with E-state index in [1.54, 1.807) is 12.1 Å². The number of halogens is 1. The lowest BCUT2D eigenvalue weighted by atomic mass is 10.2. The van der Waals surface area contributed by atoms with Crippen LogP contribution >= 0.6 is 11.6 Å². The van der Waals surface area contributed by atoms with Crippen LogP contribution in [0.2, 0.25) is 5.02 Å². The van der Waals surface area contributed by atoms with Gasteiger partial charge in [0.15, 0.2) is 0 Å². The zero-order valence-electron chi connectivity index (χ0n) is 10.3. The quantitative estimate of drug-likeness (QED) is 0.672. The van der Waals surface area contributed by atoms with E-state index in [0.717, 1.165) is 22.5 Å². The molecule has 0 unspecified atom stereocenters. The Balaban J connectivity index is 2.31. The summed E-state index contributed by atoms with van der Waals surface area (Å²) in [7, 11) is 0. The van der Waals surface area contributed by atoms with Gasteiger partial charge in [-0.2, -0.15) is 5.26 Å². The van der Waals surface area contributed by atoms with Gasteiger partial charge in [-0.3, -0.25) is 4.57 Å². The highest BCUT2D eigenvalue weighted by Gasteiger charge is 2.11. The first-order valence-corrected chi connectivity index (χ1v) is 6.22. The lowest BCUT2D eigenvalue weighted by Gasteiger charge is -2.09. The fourth-order valence-corrected chi connectivity index (χ4v) is 2.47. The SMILES string of the molecule is Cc1nc2ccccc2n1-c1ccc(C#N)cc1Cl. The summed E-state index contributed by atoms with van der Waals surface area (Å²) in [6.07, 6.45) is 0. The zero-order chi connectivity index (χ0) is 13.4. The maximum Gasteiger partial charge on any atom is 0.111 e. The molecule has 0 spiro atoms. The van der Waals surface area contributed by atoms with Crippen molar-refractivity contribution in [3.05, 3.63) is 58.9 Å². The summed E-state index contributed by atoms with van der Waals surface area (Å²) in [5, 5.41) is 9.43. The molecule has 0 aliphatic heterocycles. The van der Waals surface area contributed by atoms with Crippen LogP contribution in [-0.2, 0) is 0 Å². The Morgan fingerprint density at radius 1 is 1.21 bits per heavy atom. The number of para-hydroxylation sites is 2. The summed E-state index contributed by atoms with van der Waals surface area (Å²) in [5.41, 5.74) is 3.33. The molecule has 0 bridgehead atoms. The summed E-state index contributed by atoms with van der Waals surface area (Å²) in [6.45, 7) is 1.94. The van der Waals surface area contributed by atoms with Gasteiger partial charge in [0.2, 0.25) is 0 Å². The summed E-state index contributed by atoms with van der Waals surface area (Å²) < 4.78 is 2.00. The lowest BCUT2D eigenvalue weighted by molar-refractivity contribution is 1.00. The van der Waals surface area contributed by atoms with Gasteiger partial charge < -0.3 is 0 Å². The minimum atomic E-state index is 0.547. The number of hydrogen-bond acceptors (Lipinski definition) is 2. The standard InChI is InChI=1S/C15H10ClN3/c1-10-18-13-4-2-3-5-15(13)19(10)14-7-6-11(9-17)8-12(14)16/h2-8H,1H3. The molecule has 0 saturated heterocycles. The van der Waals surface area contributed by atoms with Gasteiger partial charge >= 0.3 is 0 Å². The molecular weight excluding hydrogens is 258 g/mol. The summed E-state index contributed by atoms with van der Waals surface area (Å²) in [4.78, 5) is 4.51. The monoisotopic (exact) mass is 267 g/mol. The van der Waals surface area contributed by atoms with Gasteiger partial charge in [-0.1, -0.05) is 23.7 Å². The Kier molecular flexibility index (Phi) is 2.73. The van der Waals surface area contributed by atoms with Gasteiger partial charge in [0, 0.05) is 0 Å². The third-order valence-electron chi connectivity index (χ3n) is 3.05. The second-order valence-corrected chi connectivity index (χ2v) is 4.67. The van der Waals surface area contributed by atoms with Crippen LogP contribution in [-0.4, -0.2) is 9.55 Å². The number of rotatable bonds is 1. The third kappa shape index (κ3) is 1.87. The molecule has 19 heavy (non-hydrogen) atoms. The van der Waals surface area contributed by atoms with Gasteiger partial charge in [-0.15, -0.1) is 0 Å². The Bertz CT molecular complexity index is 812. The Hall–Kier alpha value is -2.31. The smallest absolute Gasteiger partial charge is 0.111 e. The van der Waals surface area contributed by atoms with Gasteiger partial charge in [-0.25, -0.2) is 4.98 Å². The van der Waals surface area contributed by atoms with Crippen molar-refractivity contribution in [2.24, 2.45) is 0 Å². The maximum atomic E-state index is 8.88. The first kappa shape index (κ1) is 11.8. The van der Waals surface area contributed by atoms with E-state index in [1.165, 1.54) is 0 Å². The molecule has 0 aliphatic rings. The lowest BCUT2D eigenvalue weighted by Crippen LogP contribution is -1.98. The molecule has 0 saturated carbocycles. The molecule has 1 aromatic heterocycles. The molecule has 3 rings (SSSR count). The molecule has 0 radical (unpaired) electrons. The number of aromatic nitrogens is 2. The predicted octanol–water partition coefficient (Wildman–Crippen LogP) is 3.86. The Morgan fingerprint density at radius 3 is 2.74 bits per heavy atom. The van der Waals surface area contributed by atoms with E-state index in [9.17, 15) is 0 Å². The van der Waals surface area contributed by atoms with Gasteiger partial charge in [-0.05, 0) is 37.3 Å². The van der Waals surface area contributed by atoms with Crippen LogP contribution in [0.5, 0.6) is 0 Å². The van der Waals surface area contributed by atoms with Crippen molar-refractivity contribution >= 4 is 22.6 Å². The van der Waals surface area contributed by atoms with Crippen LogP contribution in [0, 0.1) is 18.3 Å². The average molecular weight is 268 g/mol. The first-order valence-electron chi connectivity index (χ1n) is 5.85. The molecule has 0 fully saturated rings. The van der Waals surface area contributed by atoms with E-state index < -0.39 is 0 Å². The summed E-state index contributed by atoms with van der Waals surface area (Å²) in [6, 6.07) is 15.3. The van der Waals surface area contributed by atoms with E-state index in [0.29, 0.717) is 10.6 Å². The van der Waals surface area contributed by atoms with E-state index in [-0.39, 0.29) is 0 Å². The number of imidazole rings is 1. The topological polar surface area (TPSA) is 41.6 Å². The van der Waals surface area contributed by atoms with Crippen molar-refractivity contribution in [3.8, 4) is 11.8 Å². The maximum absolute atomic E-state index is 8.88. The van der Waals surface area contributed by atoms with Gasteiger partial charge in [0.1, 0.15) is 5.82 Å². The van der Waals surface area contributed by atoms with Crippen LogP contribution < -0.4 is 0 Å². The van der Waals surface area contributed by atoms with Crippen molar-refractivity contribution in [2.45, 2.75) is 6.92 Å². The number of nitriles is 1. The fraction of sp³-hybridized carbons (Fsp3) is 0.0667. The Labute approximate surface area is 115 Å². The molecule has 0 amide bonds. The number of fused-ring (bicyclic) bond motifs is 1. The Morgan fingerprint density at radius 2 is 2.00 bits per heavy atom. The second-order valence-electron chi connectivity index (χ2n) is 4.26. The number of nitrogens with zero attached hydrogens (tertiary/aromatic N) is 3. The number of aryl methyl sites for hydroxylation is 1.